The SMILES string of the molecule is O=C(COC(=O)c1ccc2c(c1)C(=O)N(C[C@@H]1CCCO1)C2=O)Nc1ccc(Oc2ccccc2)cc1. The molecule has 0 radical (unpaired) electrons. The van der Waals surface area contributed by atoms with Gasteiger partial charge in [0.1, 0.15) is 11.5 Å². The van der Waals surface area contributed by atoms with Crippen LogP contribution in [-0.4, -0.2) is 54.5 Å². The fraction of sp³-hybridized carbons (Fsp3) is 0.214. The lowest BCUT2D eigenvalue weighted by Crippen LogP contribution is -2.36. The van der Waals surface area contributed by atoms with Crippen molar-refractivity contribution in [3.63, 3.8) is 0 Å². The molecule has 0 saturated carbocycles. The smallest absolute Gasteiger partial charge is 0.338 e. The van der Waals surface area contributed by atoms with Gasteiger partial charge in [-0.15, -0.1) is 0 Å². The van der Waals surface area contributed by atoms with Crippen molar-refractivity contribution in [3.8, 4) is 11.5 Å². The number of hydrogen-bond acceptors (Lipinski definition) is 7. The summed E-state index contributed by atoms with van der Waals surface area (Å²) >= 11 is 0. The predicted molar refractivity (Wildman–Crippen MR) is 133 cm³/mol. The summed E-state index contributed by atoms with van der Waals surface area (Å²) in [7, 11) is 0. The number of rotatable bonds is 8. The van der Waals surface area contributed by atoms with Gasteiger partial charge in [0.25, 0.3) is 17.7 Å². The Kier molecular flexibility index (Phi) is 6.96. The zero-order valence-electron chi connectivity index (χ0n) is 19.8. The number of para-hydroxylation sites is 1. The van der Waals surface area contributed by atoms with Gasteiger partial charge in [0.15, 0.2) is 6.61 Å². The van der Waals surface area contributed by atoms with Crippen molar-refractivity contribution in [1.82, 2.24) is 4.90 Å². The highest BCUT2D eigenvalue weighted by molar-refractivity contribution is 6.22. The highest BCUT2D eigenvalue weighted by Gasteiger charge is 2.38. The number of anilines is 1. The molecular weight excluding hydrogens is 476 g/mol. The minimum absolute atomic E-state index is 0.0779. The number of hydrogen-bond donors (Lipinski definition) is 1. The number of carbonyl (C=O) groups excluding carboxylic acids is 4. The average molecular weight is 501 g/mol. The summed E-state index contributed by atoms with van der Waals surface area (Å²) < 4.78 is 16.4. The molecular formula is C28H24N2O7. The molecule has 3 amide bonds. The van der Waals surface area contributed by atoms with E-state index in [1.807, 2.05) is 30.3 Å². The second kappa shape index (κ2) is 10.6. The number of ether oxygens (including phenoxy) is 3. The molecule has 1 N–H and O–H groups in total. The van der Waals surface area contributed by atoms with Crippen molar-refractivity contribution >= 4 is 29.4 Å². The zero-order valence-corrected chi connectivity index (χ0v) is 19.8. The number of esters is 1. The maximum absolute atomic E-state index is 12.8. The van der Waals surface area contributed by atoms with Crippen molar-refractivity contribution < 1.29 is 33.4 Å². The van der Waals surface area contributed by atoms with Crippen molar-refractivity contribution in [3.05, 3.63) is 89.5 Å². The Hall–Kier alpha value is -4.50. The molecule has 188 valence electrons. The second-order valence-corrected chi connectivity index (χ2v) is 8.68. The largest absolute Gasteiger partial charge is 0.457 e. The predicted octanol–water partition coefficient (Wildman–Crippen LogP) is 4.05. The minimum atomic E-state index is -0.776. The maximum Gasteiger partial charge on any atom is 0.338 e. The first kappa shape index (κ1) is 24.2. The summed E-state index contributed by atoms with van der Waals surface area (Å²) in [5, 5.41) is 2.65. The maximum atomic E-state index is 12.8. The van der Waals surface area contributed by atoms with Crippen LogP contribution in [-0.2, 0) is 14.3 Å². The van der Waals surface area contributed by atoms with E-state index >= 15 is 0 Å². The van der Waals surface area contributed by atoms with Gasteiger partial charge in [0.05, 0.1) is 29.3 Å². The van der Waals surface area contributed by atoms with Gasteiger partial charge in [-0.05, 0) is 67.4 Å². The number of nitrogens with one attached hydrogen (secondary N) is 1. The molecule has 3 aromatic carbocycles. The standard InChI is InChI=1S/C28H24N2O7/c31-25(29-19-9-11-21(12-10-19)37-20-5-2-1-3-6-20)17-36-28(34)18-8-13-23-24(15-18)27(33)30(26(23)32)16-22-7-4-14-35-22/h1-3,5-6,8-13,15,22H,4,7,14,16-17H2,(H,29,31)/t22-/m0/s1. The lowest BCUT2D eigenvalue weighted by molar-refractivity contribution is -0.119. The van der Waals surface area contributed by atoms with E-state index in [1.54, 1.807) is 24.3 Å². The van der Waals surface area contributed by atoms with E-state index in [-0.39, 0.29) is 29.3 Å². The van der Waals surface area contributed by atoms with Gasteiger partial charge in [0.2, 0.25) is 0 Å². The topological polar surface area (TPSA) is 111 Å². The van der Waals surface area contributed by atoms with Crippen LogP contribution in [0.2, 0.25) is 0 Å². The Bertz CT molecular complexity index is 1330. The molecule has 0 unspecified atom stereocenters. The van der Waals surface area contributed by atoms with Crippen molar-refractivity contribution in [2.75, 3.05) is 25.1 Å². The van der Waals surface area contributed by atoms with E-state index in [0.717, 1.165) is 17.7 Å². The Morgan fingerprint density at radius 1 is 0.919 bits per heavy atom. The normalized spacial score (nSPS) is 16.4. The molecule has 2 aliphatic heterocycles. The van der Waals surface area contributed by atoms with E-state index < -0.39 is 30.3 Å². The molecule has 0 spiro atoms. The molecule has 1 fully saturated rings. The Morgan fingerprint density at radius 2 is 1.65 bits per heavy atom. The van der Waals surface area contributed by atoms with E-state index in [9.17, 15) is 19.2 Å². The molecule has 0 aliphatic carbocycles. The molecule has 9 heteroatoms. The van der Waals surface area contributed by atoms with Gasteiger partial charge in [-0.1, -0.05) is 18.2 Å². The first-order valence-electron chi connectivity index (χ1n) is 11.9. The van der Waals surface area contributed by atoms with Gasteiger partial charge in [0, 0.05) is 12.3 Å². The summed E-state index contributed by atoms with van der Waals surface area (Å²) in [6, 6.07) is 20.2. The van der Waals surface area contributed by atoms with Gasteiger partial charge in [-0.2, -0.15) is 0 Å². The zero-order chi connectivity index (χ0) is 25.8. The molecule has 37 heavy (non-hydrogen) atoms. The monoisotopic (exact) mass is 500 g/mol. The molecule has 2 aliphatic rings. The lowest BCUT2D eigenvalue weighted by atomic mass is 10.1. The fourth-order valence-corrected chi connectivity index (χ4v) is 4.22. The molecule has 1 atom stereocenters. The van der Waals surface area contributed by atoms with E-state index in [0.29, 0.717) is 23.8 Å². The van der Waals surface area contributed by atoms with Gasteiger partial charge in [-0.25, -0.2) is 4.79 Å². The number of carbonyl (C=O) groups is 4. The lowest BCUT2D eigenvalue weighted by Gasteiger charge is -2.17. The van der Waals surface area contributed by atoms with Crippen molar-refractivity contribution in [2.24, 2.45) is 0 Å². The van der Waals surface area contributed by atoms with Crippen molar-refractivity contribution in [1.29, 1.82) is 0 Å². The number of fused-ring (bicyclic) bond motifs is 1. The first-order valence-corrected chi connectivity index (χ1v) is 11.9. The summed E-state index contributed by atoms with van der Waals surface area (Å²) in [5.74, 6) is -0.880. The number of benzene rings is 3. The van der Waals surface area contributed by atoms with E-state index in [2.05, 4.69) is 5.32 Å². The Labute approximate surface area is 212 Å². The third kappa shape index (κ3) is 5.52. The highest BCUT2D eigenvalue weighted by atomic mass is 16.5. The molecule has 0 aromatic heterocycles. The number of amides is 3. The third-order valence-electron chi connectivity index (χ3n) is 6.07. The molecule has 3 aromatic rings. The second-order valence-electron chi connectivity index (χ2n) is 8.68. The molecule has 9 nitrogen and oxygen atoms in total. The number of imide groups is 1. The van der Waals surface area contributed by atoms with Crippen LogP contribution in [0.15, 0.2) is 72.8 Å². The fourth-order valence-electron chi connectivity index (χ4n) is 4.22. The average Bonchev–Trinajstić information content (AvgIpc) is 3.52. The van der Waals surface area contributed by atoms with E-state index in [1.165, 1.54) is 18.2 Å². The summed E-state index contributed by atoms with van der Waals surface area (Å²) in [5.41, 5.74) is 0.959. The van der Waals surface area contributed by atoms with Crippen LogP contribution in [0.25, 0.3) is 0 Å². The summed E-state index contributed by atoms with van der Waals surface area (Å²) in [4.78, 5) is 51.4. The van der Waals surface area contributed by atoms with Crippen LogP contribution < -0.4 is 10.1 Å². The molecule has 1 saturated heterocycles. The highest BCUT2D eigenvalue weighted by Crippen LogP contribution is 2.26. The van der Waals surface area contributed by atoms with Crippen LogP contribution in [0, 0.1) is 0 Å². The molecule has 5 rings (SSSR count). The third-order valence-corrected chi connectivity index (χ3v) is 6.07. The van der Waals surface area contributed by atoms with Crippen LogP contribution >= 0.6 is 0 Å². The van der Waals surface area contributed by atoms with Gasteiger partial charge in [-0.3, -0.25) is 19.3 Å². The quantitative estimate of drug-likeness (QED) is 0.367. The Balaban J connectivity index is 1.14. The van der Waals surface area contributed by atoms with Crippen LogP contribution in [0.4, 0.5) is 5.69 Å². The van der Waals surface area contributed by atoms with Gasteiger partial charge < -0.3 is 19.5 Å². The Morgan fingerprint density at radius 3 is 2.38 bits per heavy atom. The van der Waals surface area contributed by atoms with Gasteiger partial charge >= 0.3 is 5.97 Å². The van der Waals surface area contributed by atoms with E-state index in [4.69, 9.17) is 14.2 Å². The van der Waals surface area contributed by atoms with Crippen molar-refractivity contribution in [2.45, 2.75) is 18.9 Å². The van der Waals surface area contributed by atoms with Crippen LogP contribution in [0.3, 0.4) is 0 Å². The minimum Gasteiger partial charge on any atom is -0.457 e. The van der Waals surface area contributed by atoms with Crippen LogP contribution in [0.5, 0.6) is 11.5 Å². The van der Waals surface area contributed by atoms with Crippen LogP contribution in [0.1, 0.15) is 43.9 Å². The summed E-state index contributed by atoms with van der Waals surface area (Å²) in [6.07, 6.45) is 1.52. The number of nitrogens with zero attached hydrogens (tertiary/aromatic N) is 1. The molecule has 2 heterocycles. The molecule has 0 bridgehead atoms. The summed E-state index contributed by atoms with van der Waals surface area (Å²) in [6.45, 7) is 0.285. The first-order chi connectivity index (χ1) is 18.0.